The minimum absolute atomic E-state index is 0.251. The molecule has 0 atom stereocenters. The predicted octanol–water partition coefficient (Wildman–Crippen LogP) is 3.65. The lowest BCUT2D eigenvalue weighted by Gasteiger charge is -2.23. The van der Waals surface area contributed by atoms with E-state index in [0.717, 1.165) is 5.56 Å². The molecule has 6 heteroatoms. The van der Waals surface area contributed by atoms with Crippen molar-refractivity contribution in [1.82, 2.24) is 4.90 Å². The second kappa shape index (κ2) is 7.21. The minimum atomic E-state index is -0.309. The number of hydrogen-bond acceptors (Lipinski definition) is 3. The molecule has 0 radical (unpaired) electrons. The van der Waals surface area contributed by atoms with Crippen molar-refractivity contribution in [2.75, 3.05) is 25.1 Å². The van der Waals surface area contributed by atoms with Gasteiger partial charge in [-0.1, -0.05) is 12.1 Å². The highest BCUT2D eigenvalue weighted by atomic mass is 19.1. The topological polar surface area (TPSA) is 50.8 Å². The van der Waals surface area contributed by atoms with Gasteiger partial charge in [0.15, 0.2) is 11.5 Å². The number of benzene rings is 2. The van der Waals surface area contributed by atoms with Crippen LogP contribution in [-0.2, 0) is 6.54 Å². The first-order valence-corrected chi connectivity index (χ1v) is 7.85. The van der Waals surface area contributed by atoms with Crippen molar-refractivity contribution in [3.8, 4) is 11.5 Å². The summed E-state index contributed by atoms with van der Waals surface area (Å²) in [5.41, 5.74) is 1.37. The summed E-state index contributed by atoms with van der Waals surface area (Å²) in [6.45, 7) is 3.74. The van der Waals surface area contributed by atoms with Gasteiger partial charge in [-0.25, -0.2) is 9.18 Å². The van der Waals surface area contributed by atoms with Crippen molar-refractivity contribution < 1.29 is 18.7 Å². The van der Waals surface area contributed by atoms with Crippen LogP contribution in [0.1, 0.15) is 12.5 Å². The molecule has 0 aliphatic carbocycles. The lowest BCUT2D eigenvalue weighted by Crippen LogP contribution is -2.34. The van der Waals surface area contributed by atoms with Gasteiger partial charge < -0.3 is 19.7 Å². The molecule has 0 unspecified atom stereocenters. The van der Waals surface area contributed by atoms with Gasteiger partial charge in [-0.3, -0.25) is 0 Å². The average Bonchev–Trinajstić information content (AvgIpc) is 2.59. The van der Waals surface area contributed by atoms with Gasteiger partial charge in [-0.2, -0.15) is 0 Å². The van der Waals surface area contributed by atoms with E-state index in [4.69, 9.17) is 9.47 Å². The first-order valence-electron chi connectivity index (χ1n) is 7.85. The Bertz CT molecular complexity index is 736. The van der Waals surface area contributed by atoms with E-state index in [1.807, 2.05) is 6.92 Å². The third-order valence-electron chi connectivity index (χ3n) is 3.72. The number of nitrogens with one attached hydrogen (secondary N) is 1. The lowest BCUT2D eigenvalue weighted by atomic mass is 10.2. The summed E-state index contributed by atoms with van der Waals surface area (Å²) < 4.78 is 24.3. The number of halogens is 1. The summed E-state index contributed by atoms with van der Waals surface area (Å²) >= 11 is 0. The number of amides is 2. The number of rotatable bonds is 4. The Morgan fingerprint density at radius 2 is 1.96 bits per heavy atom. The van der Waals surface area contributed by atoms with Crippen LogP contribution >= 0.6 is 0 Å². The van der Waals surface area contributed by atoms with Gasteiger partial charge in [-0.05, 0) is 36.8 Å². The molecule has 126 valence electrons. The zero-order valence-electron chi connectivity index (χ0n) is 13.4. The summed E-state index contributed by atoms with van der Waals surface area (Å²) in [5.74, 6) is 0.981. The summed E-state index contributed by atoms with van der Waals surface area (Å²) in [6, 6.07) is 11.3. The van der Waals surface area contributed by atoms with E-state index in [0.29, 0.717) is 43.5 Å². The first kappa shape index (κ1) is 16.1. The monoisotopic (exact) mass is 330 g/mol. The Kier molecular flexibility index (Phi) is 4.84. The average molecular weight is 330 g/mol. The van der Waals surface area contributed by atoms with Crippen LogP contribution in [0.25, 0.3) is 0 Å². The fraction of sp³-hybridized carbons (Fsp3) is 0.278. The third kappa shape index (κ3) is 3.76. The number of hydrogen-bond donors (Lipinski definition) is 1. The van der Waals surface area contributed by atoms with Crippen LogP contribution in [0.4, 0.5) is 14.9 Å². The molecular formula is C18H19FN2O3. The maximum absolute atomic E-state index is 13.3. The van der Waals surface area contributed by atoms with Gasteiger partial charge >= 0.3 is 6.03 Å². The zero-order valence-corrected chi connectivity index (χ0v) is 13.4. The Balaban J connectivity index is 1.68. The van der Waals surface area contributed by atoms with Gasteiger partial charge in [0.2, 0.25) is 0 Å². The van der Waals surface area contributed by atoms with Crippen LogP contribution in [0, 0.1) is 5.82 Å². The van der Waals surface area contributed by atoms with E-state index >= 15 is 0 Å². The molecule has 1 aliphatic rings. The second-order valence-corrected chi connectivity index (χ2v) is 5.43. The second-order valence-electron chi connectivity index (χ2n) is 5.43. The molecule has 5 nitrogen and oxygen atoms in total. The molecule has 0 spiro atoms. The normalized spacial score (nSPS) is 12.6. The molecule has 0 aromatic heterocycles. The van der Waals surface area contributed by atoms with Crippen molar-refractivity contribution in [3.63, 3.8) is 0 Å². The van der Waals surface area contributed by atoms with Gasteiger partial charge in [-0.15, -0.1) is 0 Å². The van der Waals surface area contributed by atoms with Crippen molar-refractivity contribution in [2.24, 2.45) is 0 Å². The summed E-state index contributed by atoms with van der Waals surface area (Å²) in [5, 5.41) is 2.84. The first-order chi connectivity index (χ1) is 11.7. The number of carbonyl (C=O) groups is 1. The number of urea groups is 1. The Hall–Kier alpha value is -2.76. The van der Waals surface area contributed by atoms with E-state index in [2.05, 4.69) is 5.32 Å². The SMILES string of the molecule is CCN(Cc1cccc(F)c1)C(=O)Nc1ccc2c(c1)OCCO2. The van der Waals surface area contributed by atoms with E-state index in [-0.39, 0.29) is 11.8 Å². The summed E-state index contributed by atoms with van der Waals surface area (Å²) in [4.78, 5) is 14.1. The van der Waals surface area contributed by atoms with E-state index in [9.17, 15) is 9.18 Å². The van der Waals surface area contributed by atoms with Crippen molar-refractivity contribution >= 4 is 11.7 Å². The molecule has 1 heterocycles. The smallest absolute Gasteiger partial charge is 0.322 e. The molecule has 3 rings (SSSR count). The Labute approximate surface area is 140 Å². The highest BCUT2D eigenvalue weighted by Gasteiger charge is 2.16. The number of fused-ring (bicyclic) bond motifs is 1. The van der Waals surface area contributed by atoms with Crippen LogP contribution in [0.15, 0.2) is 42.5 Å². The highest BCUT2D eigenvalue weighted by molar-refractivity contribution is 5.89. The standard InChI is InChI=1S/C18H19FN2O3/c1-2-21(12-13-4-3-5-14(19)10-13)18(22)20-15-6-7-16-17(11-15)24-9-8-23-16/h3-7,10-11H,2,8-9,12H2,1H3,(H,20,22). The number of carbonyl (C=O) groups excluding carboxylic acids is 1. The van der Waals surface area contributed by atoms with E-state index in [1.165, 1.54) is 12.1 Å². The van der Waals surface area contributed by atoms with Crippen LogP contribution in [0.3, 0.4) is 0 Å². The number of nitrogens with zero attached hydrogens (tertiary/aromatic N) is 1. The van der Waals surface area contributed by atoms with E-state index < -0.39 is 0 Å². The maximum Gasteiger partial charge on any atom is 0.322 e. The minimum Gasteiger partial charge on any atom is -0.486 e. The fourth-order valence-electron chi connectivity index (χ4n) is 2.51. The predicted molar refractivity (Wildman–Crippen MR) is 88.9 cm³/mol. The Morgan fingerprint density at radius 1 is 1.17 bits per heavy atom. The zero-order chi connectivity index (χ0) is 16.9. The Morgan fingerprint density at radius 3 is 2.71 bits per heavy atom. The molecule has 2 aromatic carbocycles. The number of ether oxygens (including phenoxy) is 2. The van der Waals surface area contributed by atoms with E-state index in [1.54, 1.807) is 35.2 Å². The number of anilines is 1. The van der Waals surface area contributed by atoms with Gasteiger partial charge in [0.25, 0.3) is 0 Å². The lowest BCUT2D eigenvalue weighted by molar-refractivity contribution is 0.171. The maximum atomic E-state index is 13.3. The molecular weight excluding hydrogens is 311 g/mol. The summed E-state index contributed by atoms with van der Waals surface area (Å²) in [6.07, 6.45) is 0. The van der Waals surface area contributed by atoms with Gasteiger partial charge in [0, 0.05) is 24.8 Å². The highest BCUT2D eigenvalue weighted by Crippen LogP contribution is 2.32. The molecule has 2 amide bonds. The largest absolute Gasteiger partial charge is 0.486 e. The molecule has 24 heavy (non-hydrogen) atoms. The van der Waals surface area contributed by atoms with Crippen LogP contribution in [0.5, 0.6) is 11.5 Å². The van der Waals surface area contributed by atoms with Crippen molar-refractivity contribution in [2.45, 2.75) is 13.5 Å². The fourth-order valence-corrected chi connectivity index (χ4v) is 2.51. The van der Waals surface area contributed by atoms with Crippen molar-refractivity contribution in [1.29, 1.82) is 0 Å². The molecule has 1 aliphatic heterocycles. The molecule has 0 saturated heterocycles. The third-order valence-corrected chi connectivity index (χ3v) is 3.72. The quantitative estimate of drug-likeness (QED) is 0.931. The molecule has 2 aromatic rings. The molecule has 0 saturated carbocycles. The van der Waals surface area contributed by atoms with Gasteiger partial charge in [0.05, 0.1) is 0 Å². The summed E-state index contributed by atoms with van der Waals surface area (Å²) in [7, 11) is 0. The van der Waals surface area contributed by atoms with Gasteiger partial charge in [0.1, 0.15) is 19.0 Å². The molecule has 0 fully saturated rings. The van der Waals surface area contributed by atoms with Crippen LogP contribution < -0.4 is 14.8 Å². The van der Waals surface area contributed by atoms with Crippen molar-refractivity contribution in [3.05, 3.63) is 53.8 Å². The molecule has 0 bridgehead atoms. The van der Waals surface area contributed by atoms with Crippen LogP contribution in [-0.4, -0.2) is 30.7 Å². The molecule has 1 N–H and O–H groups in total. The van der Waals surface area contributed by atoms with Crippen LogP contribution in [0.2, 0.25) is 0 Å².